The van der Waals surface area contributed by atoms with Crippen molar-refractivity contribution in [2.75, 3.05) is 4.90 Å². The van der Waals surface area contributed by atoms with Gasteiger partial charge in [0.1, 0.15) is 17.2 Å². The summed E-state index contributed by atoms with van der Waals surface area (Å²) in [5, 5.41) is 4.54. The van der Waals surface area contributed by atoms with E-state index in [0.29, 0.717) is 0 Å². The highest BCUT2D eigenvalue weighted by Gasteiger charge is 2.22. The number of furan rings is 1. The number of hydrogen-bond acceptors (Lipinski definition) is 4. The number of hydrogen-bond donors (Lipinski definition) is 0. The van der Waals surface area contributed by atoms with E-state index < -0.39 is 0 Å². The zero-order valence-corrected chi connectivity index (χ0v) is 24.5. The number of anilines is 3. The Balaban J connectivity index is 1.34. The van der Waals surface area contributed by atoms with Gasteiger partial charge in [-0.25, -0.2) is 9.97 Å². The van der Waals surface area contributed by atoms with Crippen LogP contribution in [0.3, 0.4) is 0 Å². The fraction of sp³-hybridized carbons (Fsp3) is 0.0256. The molecule has 0 aliphatic carbocycles. The van der Waals surface area contributed by atoms with Gasteiger partial charge in [0.15, 0.2) is 5.58 Å². The highest BCUT2D eigenvalue weighted by Crippen LogP contribution is 2.44. The number of fused-ring (bicyclic) bond motifs is 6. The minimum absolute atomic E-state index is 0.839. The third-order valence-corrected chi connectivity index (χ3v) is 8.60. The summed E-state index contributed by atoms with van der Waals surface area (Å²) in [4.78, 5) is 11.7. The number of rotatable bonds is 5. The maximum absolute atomic E-state index is 6.58. The first-order valence-electron chi connectivity index (χ1n) is 15.0. The second kappa shape index (κ2) is 9.96. The van der Waals surface area contributed by atoms with Crippen LogP contribution < -0.4 is 4.90 Å². The molecule has 9 rings (SSSR count). The van der Waals surface area contributed by atoms with Crippen LogP contribution in [-0.2, 0) is 7.05 Å². The predicted molar refractivity (Wildman–Crippen MR) is 183 cm³/mol. The van der Waals surface area contributed by atoms with E-state index in [0.717, 1.165) is 67.2 Å². The summed E-state index contributed by atoms with van der Waals surface area (Å²) >= 11 is 0. The lowest BCUT2D eigenvalue weighted by atomic mass is 10.1. The first kappa shape index (κ1) is 25.4. The number of pyridine rings is 1. The molecular formula is C39H27N5O. The Hall–Kier alpha value is -6.14. The fourth-order valence-corrected chi connectivity index (χ4v) is 6.59. The van der Waals surface area contributed by atoms with Gasteiger partial charge >= 0.3 is 0 Å². The predicted octanol–water partition coefficient (Wildman–Crippen LogP) is 9.95. The molecular weight excluding hydrogens is 554 g/mol. The monoisotopic (exact) mass is 581 g/mol. The van der Waals surface area contributed by atoms with E-state index in [1.165, 1.54) is 10.8 Å². The molecule has 214 valence electrons. The minimum atomic E-state index is 0.839. The Morgan fingerprint density at radius 2 is 1.38 bits per heavy atom. The van der Waals surface area contributed by atoms with Crippen LogP contribution in [0.4, 0.5) is 17.1 Å². The Bertz CT molecular complexity index is 2520. The molecule has 0 unspecified atom stereocenters. The van der Waals surface area contributed by atoms with Gasteiger partial charge in [0.25, 0.3) is 0 Å². The van der Waals surface area contributed by atoms with Gasteiger partial charge < -0.3 is 13.9 Å². The van der Waals surface area contributed by atoms with Crippen molar-refractivity contribution in [2.24, 2.45) is 7.05 Å². The Labute approximate surface area is 259 Å². The molecule has 4 heterocycles. The third kappa shape index (κ3) is 3.96. The molecule has 0 aliphatic heterocycles. The van der Waals surface area contributed by atoms with Gasteiger partial charge in [-0.15, -0.1) is 0 Å². The molecule has 4 aromatic heterocycles. The average molecular weight is 582 g/mol. The molecule has 6 heteroatoms. The van der Waals surface area contributed by atoms with E-state index in [9.17, 15) is 0 Å². The summed E-state index contributed by atoms with van der Waals surface area (Å²) in [5.41, 5.74) is 7.90. The van der Waals surface area contributed by atoms with Gasteiger partial charge in [-0.2, -0.15) is 0 Å². The van der Waals surface area contributed by atoms with Crippen molar-refractivity contribution in [2.45, 2.75) is 0 Å². The van der Waals surface area contributed by atoms with Crippen LogP contribution in [0.2, 0.25) is 0 Å². The maximum atomic E-state index is 6.58. The molecule has 0 saturated heterocycles. The van der Waals surface area contributed by atoms with Crippen LogP contribution in [0.1, 0.15) is 0 Å². The van der Waals surface area contributed by atoms with E-state index >= 15 is 0 Å². The van der Waals surface area contributed by atoms with Crippen LogP contribution in [0, 0.1) is 0 Å². The summed E-state index contributed by atoms with van der Waals surface area (Å²) in [6, 6.07) is 44.4. The average Bonchev–Trinajstić information content (AvgIpc) is 3.79. The summed E-state index contributed by atoms with van der Waals surface area (Å²) in [7, 11) is 2.02. The van der Waals surface area contributed by atoms with Crippen LogP contribution in [0.5, 0.6) is 0 Å². The molecule has 0 amide bonds. The molecule has 0 fully saturated rings. The lowest BCUT2D eigenvalue weighted by molar-refractivity contribution is 0.669. The molecule has 5 aromatic carbocycles. The molecule has 0 atom stereocenters. The van der Waals surface area contributed by atoms with E-state index in [2.05, 4.69) is 118 Å². The quantitative estimate of drug-likeness (QED) is 0.203. The maximum Gasteiger partial charge on any atom is 0.159 e. The van der Waals surface area contributed by atoms with Gasteiger partial charge in [-0.1, -0.05) is 72.8 Å². The van der Waals surface area contributed by atoms with Crippen molar-refractivity contribution in [3.05, 3.63) is 146 Å². The molecule has 0 radical (unpaired) electrons. The molecule has 45 heavy (non-hydrogen) atoms. The zero-order valence-electron chi connectivity index (χ0n) is 24.5. The normalized spacial score (nSPS) is 11.7. The molecule has 0 bridgehead atoms. The third-order valence-electron chi connectivity index (χ3n) is 8.60. The lowest BCUT2D eigenvalue weighted by Crippen LogP contribution is -2.11. The number of aryl methyl sites for hydroxylation is 1. The lowest BCUT2D eigenvalue weighted by Gasteiger charge is -2.26. The van der Waals surface area contributed by atoms with Crippen molar-refractivity contribution < 1.29 is 4.42 Å². The van der Waals surface area contributed by atoms with Crippen molar-refractivity contribution in [3.8, 4) is 17.2 Å². The molecule has 0 aliphatic rings. The van der Waals surface area contributed by atoms with Crippen molar-refractivity contribution in [1.29, 1.82) is 0 Å². The van der Waals surface area contributed by atoms with Crippen LogP contribution in [0.25, 0.3) is 61.0 Å². The van der Waals surface area contributed by atoms with Gasteiger partial charge in [0.2, 0.25) is 0 Å². The SMILES string of the molecule is Cn1ccnc1-c1cccc(N(c2ccc3c4ccccc4n(-c4ccccn4)c3c2)c2cccc3c2oc2ccccc23)c1. The molecule has 0 spiro atoms. The summed E-state index contributed by atoms with van der Waals surface area (Å²) in [6.45, 7) is 0. The molecule has 0 saturated carbocycles. The van der Waals surface area contributed by atoms with Crippen molar-refractivity contribution in [1.82, 2.24) is 19.1 Å². The number of benzene rings is 5. The summed E-state index contributed by atoms with van der Waals surface area (Å²) in [6.07, 6.45) is 5.65. The Kier molecular flexibility index (Phi) is 5.62. The van der Waals surface area contributed by atoms with Gasteiger partial charge in [-0.05, 0) is 54.6 Å². The number of imidazole rings is 1. The van der Waals surface area contributed by atoms with Crippen LogP contribution in [0.15, 0.2) is 150 Å². The number of aromatic nitrogens is 4. The van der Waals surface area contributed by atoms with E-state index in [1.54, 1.807) is 0 Å². The van der Waals surface area contributed by atoms with Crippen LogP contribution >= 0.6 is 0 Å². The second-order valence-electron chi connectivity index (χ2n) is 11.2. The summed E-state index contributed by atoms with van der Waals surface area (Å²) in [5.74, 6) is 1.79. The molecule has 6 nitrogen and oxygen atoms in total. The largest absolute Gasteiger partial charge is 0.454 e. The highest BCUT2D eigenvalue weighted by molar-refractivity contribution is 6.12. The Morgan fingerprint density at radius 3 is 2.24 bits per heavy atom. The van der Waals surface area contributed by atoms with Gasteiger partial charge in [-0.3, -0.25) is 4.57 Å². The van der Waals surface area contributed by atoms with E-state index in [4.69, 9.17) is 9.40 Å². The fourth-order valence-electron chi connectivity index (χ4n) is 6.59. The molecule has 0 N–H and O–H groups in total. The topological polar surface area (TPSA) is 52.0 Å². The summed E-state index contributed by atoms with van der Waals surface area (Å²) < 4.78 is 10.9. The highest BCUT2D eigenvalue weighted by atomic mass is 16.3. The minimum Gasteiger partial charge on any atom is -0.454 e. The van der Waals surface area contributed by atoms with Crippen molar-refractivity contribution in [3.63, 3.8) is 0 Å². The van der Waals surface area contributed by atoms with Gasteiger partial charge in [0.05, 0.1) is 16.7 Å². The van der Waals surface area contributed by atoms with Crippen molar-refractivity contribution >= 4 is 60.8 Å². The smallest absolute Gasteiger partial charge is 0.159 e. The van der Waals surface area contributed by atoms with Gasteiger partial charge in [0, 0.05) is 64.1 Å². The van der Waals surface area contributed by atoms with Crippen LogP contribution in [-0.4, -0.2) is 19.1 Å². The zero-order chi connectivity index (χ0) is 29.9. The Morgan fingerprint density at radius 1 is 0.600 bits per heavy atom. The van der Waals surface area contributed by atoms with E-state index in [-0.39, 0.29) is 0 Å². The second-order valence-corrected chi connectivity index (χ2v) is 11.2. The number of nitrogens with zero attached hydrogens (tertiary/aromatic N) is 5. The van der Waals surface area contributed by atoms with E-state index in [1.807, 2.05) is 54.5 Å². The molecule has 9 aromatic rings. The number of para-hydroxylation sites is 3. The first-order chi connectivity index (χ1) is 22.2. The first-order valence-corrected chi connectivity index (χ1v) is 15.0. The standard InChI is InChI=1S/C39H27N5O/c1-42-23-22-41-39(42)26-10-8-11-27(24-26)43(34-16-9-14-32-31-13-3-5-17-36(31)45-38(32)34)28-19-20-30-29-12-2-4-15-33(29)44(35(30)25-28)37-18-6-7-21-40-37/h2-25H,1H3.